The number of hydrogen-bond acceptors (Lipinski definition) is 1. The second-order valence-corrected chi connectivity index (χ2v) is 3.11. The molecule has 1 aromatic rings. The molecule has 0 aliphatic rings. The van der Waals surface area contributed by atoms with Crippen molar-refractivity contribution in [2.45, 2.75) is 26.3 Å². The van der Waals surface area contributed by atoms with Gasteiger partial charge in [0.1, 0.15) is 0 Å². The SMILES string of the molecule is CCCn1cccc1C=CCCN. The smallest absolute Gasteiger partial charge is 0.0403 e. The number of nitrogens with two attached hydrogens (primary N) is 1. The van der Waals surface area contributed by atoms with Crippen LogP contribution in [0, 0.1) is 0 Å². The maximum absolute atomic E-state index is 5.41. The highest BCUT2D eigenvalue weighted by Gasteiger charge is 1.93. The molecule has 0 bridgehead atoms. The molecule has 0 aliphatic carbocycles. The third kappa shape index (κ3) is 3.07. The van der Waals surface area contributed by atoms with Crippen LogP contribution in [0.2, 0.25) is 0 Å². The van der Waals surface area contributed by atoms with E-state index in [0.29, 0.717) is 0 Å². The normalized spacial score (nSPS) is 11.2. The highest BCUT2D eigenvalue weighted by Crippen LogP contribution is 2.05. The zero-order valence-electron chi connectivity index (χ0n) is 8.24. The largest absolute Gasteiger partial charge is 0.348 e. The van der Waals surface area contributed by atoms with Gasteiger partial charge in [0.25, 0.3) is 0 Å². The lowest BCUT2D eigenvalue weighted by Crippen LogP contribution is -1.97. The third-order valence-electron chi connectivity index (χ3n) is 1.95. The minimum Gasteiger partial charge on any atom is -0.348 e. The summed E-state index contributed by atoms with van der Waals surface area (Å²) < 4.78 is 2.26. The molecule has 0 spiro atoms. The van der Waals surface area contributed by atoms with Gasteiger partial charge in [-0.15, -0.1) is 0 Å². The molecular formula is C11H18N2. The maximum atomic E-state index is 5.41. The number of nitrogens with zero attached hydrogens (tertiary/aromatic N) is 1. The van der Waals surface area contributed by atoms with Crippen LogP contribution in [-0.4, -0.2) is 11.1 Å². The molecule has 0 atom stereocenters. The molecule has 0 radical (unpaired) electrons. The Balaban J connectivity index is 2.59. The van der Waals surface area contributed by atoms with E-state index in [1.54, 1.807) is 0 Å². The highest BCUT2D eigenvalue weighted by atomic mass is 15.0. The number of aryl methyl sites for hydroxylation is 1. The first-order chi connectivity index (χ1) is 6.38. The maximum Gasteiger partial charge on any atom is 0.0403 e. The molecule has 0 fully saturated rings. The van der Waals surface area contributed by atoms with Crippen molar-refractivity contribution in [3.8, 4) is 0 Å². The Labute approximate surface area is 80.1 Å². The molecule has 0 unspecified atom stereocenters. The average molecular weight is 178 g/mol. The lowest BCUT2D eigenvalue weighted by Gasteiger charge is -2.02. The number of rotatable bonds is 5. The predicted molar refractivity (Wildman–Crippen MR) is 57.4 cm³/mol. The predicted octanol–water partition coefficient (Wildman–Crippen LogP) is 2.26. The molecule has 13 heavy (non-hydrogen) atoms. The number of hydrogen-bond donors (Lipinski definition) is 1. The zero-order valence-corrected chi connectivity index (χ0v) is 8.24. The van der Waals surface area contributed by atoms with Gasteiger partial charge in [0.15, 0.2) is 0 Å². The van der Waals surface area contributed by atoms with E-state index in [9.17, 15) is 0 Å². The van der Waals surface area contributed by atoms with Crippen molar-refractivity contribution < 1.29 is 0 Å². The molecule has 0 saturated carbocycles. The third-order valence-corrected chi connectivity index (χ3v) is 1.95. The van der Waals surface area contributed by atoms with E-state index >= 15 is 0 Å². The van der Waals surface area contributed by atoms with Crippen molar-refractivity contribution >= 4 is 6.08 Å². The second kappa shape index (κ2) is 5.60. The molecular weight excluding hydrogens is 160 g/mol. The van der Waals surface area contributed by atoms with E-state index in [-0.39, 0.29) is 0 Å². The summed E-state index contributed by atoms with van der Waals surface area (Å²) >= 11 is 0. The van der Waals surface area contributed by atoms with Crippen LogP contribution in [0.3, 0.4) is 0 Å². The quantitative estimate of drug-likeness (QED) is 0.736. The summed E-state index contributed by atoms with van der Waals surface area (Å²) in [7, 11) is 0. The Hall–Kier alpha value is -1.02. The van der Waals surface area contributed by atoms with Crippen LogP contribution in [-0.2, 0) is 6.54 Å². The Morgan fingerprint density at radius 3 is 3.08 bits per heavy atom. The van der Waals surface area contributed by atoms with E-state index < -0.39 is 0 Å². The Kier molecular flexibility index (Phi) is 4.33. The van der Waals surface area contributed by atoms with Gasteiger partial charge >= 0.3 is 0 Å². The fourth-order valence-electron chi connectivity index (χ4n) is 1.32. The molecule has 2 nitrogen and oxygen atoms in total. The summed E-state index contributed by atoms with van der Waals surface area (Å²) in [6, 6.07) is 4.21. The fourth-order valence-corrected chi connectivity index (χ4v) is 1.32. The van der Waals surface area contributed by atoms with Crippen LogP contribution < -0.4 is 5.73 Å². The minimum atomic E-state index is 0.727. The fraction of sp³-hybridized carbons (Fsp3) is 0.455. The summed E-state index contributed by atoms with van der Waals surface area (Å²) in [6.45, 7) is 4.01. The van der Waals surface area contributed by atoms with Gasteiger partial charge in [-0.25, -0.2) is 0 Å². The molecule has 0 amide bonds. The summed E-state index contributed by atoms with van der Waals surface area (Å²) in [5.41, 5.74) is 6.68. The number of aromatic nitrogens is 1. The van der Waals surface area contributed by atoms with Crippen molar-refractivity contribution in [1.82, 2.24) is 4.57 Å². The lowest BCUT2D eigenvalue weighted by atomic mass is 10.3. The van der Waals surface area contributed by atoms with E-state index in [1.807, 2.05) is 0 Å². The molecule has 72 valence electrons. The average Bonchev–Trinajstić information content (AvgIpc) is 2.54. The standard InChI is InChI=1S/C11H18N2/c1-2-9-13-10-5-7-11(13)6-3-4-8-12/h3,5-7,10H,2,4,8-9,12H2,1H3. The van der Waals surface area contributed by atoms with Crippen molar-refractivity contribution in [3.05, 3.63) is 30.1 Å². The van der Waals surface area contributed by atoms with Gasteiger partial charge in [0.05, 0.1) is 0 Å². The van der Waals surface area contributed by atoms with Crippen LogP contribution in [0.1, 0.15) is 25.5 Å². The topological polar surface area (TPSA) is 30.9 Å². The first kappa shape index (κ1) is 10.1. The van der Waals surface area contributed by atoms with Gasteiger partial charge in [-0.3, -0.25) is 0 Å². The first-order valence-electron chi connectivity index (χ1n) is 4.90. The van der Waals surface area contributed by atoms with Gasteiger partial charge in [0, 0.05) is 18.4 Å². The van der Waals surface area contributed by atoms with Crippen LogP contribution >= 0.6 is 0 Å². The minimum absolute atomic E-state index is 0.727. The van der Waals surface area contributed by atoms with Crippen LogP contribution in [0.4, 0.5) is 0 Å². The Bertz CT molecular complexity index is 261. The van der Waals surface area contributed by atoms with Gasteiger partial charge in [-0.05, 0) is 37.6 Å². The zero-order chi connectivity index (χ0) is 9.52. The van der Waals surface area contributed by atoms with Crippen LogP contribution in [0.5, 0.6) is 0 Å². The first-order valence-corrected chi connectivity index (χ1v) is 4.90. The van der Waals surface area contributed by atoms with Crippen molar-refractivity contribution in [1.29, 1.82) is 0 Å². The second-order valence-electron chi connectivity index (χ2n) is 3.11. The van der Waals surface area contributed by atoms with E-state index in [4.69, 9.17) is 5.73 Å². The summed E-state index contributed by atoms with van der Waals surface area (Å²) in [5.74, 6) is 0. The van der Waals surface area contributed by atoms with Gasteiger partial charge in [0.2, 0.25) is 0 Å². The molecule has 1 heterocycles. The summed E-state index contributed by atoms with van der Waals surface area (Å²) in [6.07, 6.45) is 8.51. The molecule has 0 saturated heterocycles. The summed E-state index contributed by atoms with van der Waals surface area (Å²) in [4.78, 5) is 0. The molecule has 2 heteroatoms. The molecule has 1 aromatic heterocycles. The molecule has 2 N–H and O–H groups in total. The van der Waals surface area contributed by atoms with Gasteiger partial charge < -0.3 is 10.3 Å². The summed E-state index contributed by atoms with van der Waals surface area (Å²) in [5, 5.41) is 0. The van der Waals surface area contributed by atoms with E-state index in [0.717, 1.165) is 19.5 Å². The molecule has 1 rings (SSSR count). The lowest BCUT2D eigenvalue weighted by molar-refractivity contribution is 0.678. The van der Waals surface area contributed by atoms with E-state index in [2.05, 4.69) is 42.0 Å². The van der Waals surface area contributed by atoms with Gasteiger partial charge in [-0.2, -0.15) is 0 Å². The van der Waals surface area contributed by atoms with Crippen molar-refractivity contribution in [3.63, 3.8) is 0 Å². The van der Waals surface area contributed by atoms with Gasteiger partial charge in [-0.1, -0.05) is 13.0 Å². The van der Waals surface area contributed by atoms with Crippen LogP contribution in [0.15, 0.2) is 24.4 Å². The van der Waals surface area contributed by atoms with Crippen molar-refractivity contribution in [2.75, 3.05) is 6.54 Å². The van der Waals surface area contributed by atoms with Crippen LogP contribution in [0.25, 0.3) is 6.08 Å². The Morgan fingerprint density at radius 2 is 2.38 bits per heavy atom. The van der Waals surface area contributed by atoms with Crippen molar-refractivity contribution in [2.24, 2.45) is 5.73 Å². The molecule has 0 aliphatic heterocycles. The highest BCUT2D eigenvalue weighted by molar-refractivity contribution is 5.45. The monoisotopic (exact) mass is 178 g/mol. The Morgan fingerprint density at radius 1 is 1.54 bits per heavy atom. The van der Waals surface area contributed by atoms with E-state index in [1.165, 1.54) is 12.1 Å². The molecule has 0 aromatic carbocycles.